The van der Waals surface area contributed by atoms with Crippen molar-refractivity contribution < 1.29 is 0 Å². The number of nitrogens with zero attached hydrogens (tertiary/aromatic N) is 3. The molecule has 1 atom stereocenters. The van der Waals surface area contributed by atoms with Crippen molar-refractivity contribution in [1.29, 1.82) is 0 Å². The molecule has 0 amide bonds. The minimum atomic E-state index is -0.159. The molecular weight excluding hydrogens is 218 g/mol. The van der Waals surface area contributed by atoms with Crippen LogP contribution in [0.3, 0.4) is 0 Å². The molecular formula is C11H19N5O. The van der Waals surface area contributed by atoms with Gasteiger partial charge in [0.1, 0.15) is 5.69 Å². The summed E-state index contributed by atoms with van der Waals surface area (Å²) in [6.45, 7) is 6.23. The van der Waals surface area contributed by atoms with E-state index >= 15 is 0 Å². The molecule has 1 unspecified atom stereocenters. The van der Waals surface area contributed by atoms with Crippen molar-refractivity contribution in [2.24, 2.45) is 7.05 Å². The number of nitrogen functional groups attached to an aromatic ring is 1. The number of likely N-dealkylation sites (N-methyl/N-ethyl adjacent to an activating group) is 1. The second-order valence-corrected chi connectivity index (χ2v) is 5.16. The molecule has 6 nitrogen and oxygen atoms in total. The Morgan fingerprint density at radius 2 is 2.00 bits per heavy atom. The Kier molecular flexibility index (Phi) is 2.34. The van der Waals surface area contributed by atoms with Gasteiger partial charge in [0.25, 0.3) is 5.56 Å². The largest absolute Gasteiger partial charge is 0.369 e. The van der Waals surface area contributed by atoms with Crippen molar-refractivity contribution in [3.8, 4) is 0 Å². The average molecular weight is 237 g/mol. The Morgan fingerprint density at radius 3 is 2.59 bits per heavy atom. The van der Waals surface area contributed by atoms with Crippen molar-refractivity contribution in [2.75, 3.05) is 23.0 Å². The van der Waals surface area contributed by atoms with Gasteiger partial charge in [-0.25, -0.2) is 0 Å². The van der Waals surface area contributed by atoms with E-state index in [0.29, 0.717) is 11.5 Å². The molecule has 0 fully saturated rings. The van der Waals surface area contributed by atoms with Crippen molar-refractivity contribution in [3.05, 3.63) is 10.4 Å². The summed E-state index contributed by atoms with van der Waals surface area (Å²) in [4.78, 5) is 18.4. The van der Waals surface area contributed by atoms with Crippen LogP contribution in [0.25, 0.3) is 0 Å². The summed E-state index contributed by atoms with van der Waals surface area (Å²) in [5.74, 6) is 0.788. The zero-order valence-corrected chi connectivity index (χ0v) is 10.9. The van der Waals surface area contributed by atoms with Crippen LogP contribution in [0.2, 0.25) is 0 Å². The van der Waals surface area contributed by atoms with Crippen molar-refractivity contribution in [3.63, 3.8) is 0 Å². The van der Waals surface area contributed by atoms with E-state index in [0.717, 1.165) is 0 Å². The van der Waals surface area contributed by atoms with Gasteiger partial charge >= 0.3 is 0 Å². The summed E-state index contributed by atoms with van der Waals surface area (Å²) < 4.78 is 1.36. The Morgan fingerprint density at radius 1 is 1.41 bits per heavy atom. The Balaban J connectivity index is 2.70. The summed E-state index contributed by atoms with van der Waals surface area (Å²) in [5, 5.41) is 3.28. The van der Waals surface area contributed by atoms with Crippen LogP contribution in [0.4, 0.5) is 17.5 Å². The number of aromatic nitrogens is 2. The van der Waals surface area contributed by atoms with Gasteiger partial charge in [-0.2, -0.15) is 4.98 Å². The van der Waals surface area contributed by atoms with Crippen molar-refractivity contribution in [2.45, 2.75) is 32.4 Å². The van der Waals surface area contributed by atoms with Gasteiger partial charge in [0.05, 0.1) is 5.54 Å². The predicted octanol–water partition coefficient (Wildman–Crippen LogP) is 0.391. The highest BCUT2D eigenvalue weighted by Crippen LogP contribution is 2.33. The highest BCUT2D eigenvalue weighted by atomic mass is 16.1. The first-order valence-corrected chi connectivity index (χ1v) is 5.63. The molecule has 2 rings (SSSR count). The number of nitrogens with one attached hydrogen (secondary N) is 1. The topological polar surface area (TPSA) is 76.2 Å². The molecule has 1 aromatic heterocycles. The minimum absolute atomic E-state index is 0.121. The fourth-order valence-corrected chi connectivity index (χ4v) is 2.10. The second kappa shape index (κ2) is 3.38. The molecule has 0 saturated carbocycles. The van der Waals surface area contributed by atoms with Gasteiger partial charge in [-0.05, 0) is 20.8 Å². The predicted molar refractivity (Wildman–Crippen MR) is 69.5 cm³/mol. The van der Waals surface area contributed by atoms with Crippen LogP contribution < -0.4 is 21.5 Å². The molecule has 1 aliphatic heterocycles. The third kappa shape index (κ3) is 1.55. The van der Waals surface area contributed by atoms with Crippen LogP contribution >= 0.6 is 0 Å². The van der Waals surface area contributed by atoms with Gasteiger partial charge in [-0.15, -0.1) is 0 Å². The molecule has 94 valence electrons. The lowest BCUT2D eigenvalue weighted by Gasteiger charge is -2.45. The van der Waals surface area contributed by atoms with E-state index in [-0.39, 0.29) is 23.1 Å². The number of rotatable bonds is 0. The second-order valence-electron chi connectivity index (χ2n) is 5.16. The molecule has 0 bridgehead atoms. The molecule has 17 heavy (non-hydrogen) atoms. The number of hydrogen-bond acceptors (Lipinski definition) is 5. The van der Waals surface area contributed by atoms with Crippen LogP contribution in [0.5, 0.6) is 0 Å². The average Bonchev–Trinajstić information content (AvgIpc) is 2.22. The van der Waals surface area contributed by atoms with Crippen LogP contribution in [-0.2, 0) is 7.05 Å². The fraction of sp³-hybridized carbons (Fsp3) is 0.636. The van der Waals surface area contributed by atoms with Gasteiger partial charge in [0.2, 0.25) is 5.95 Å². The first-order valence-electron chi connectivity index (χ1n) is 5.63. The normalized spacial score (nSPS) is 21.9. The van der Waals surface area contributed by atoms with E-state index in [1.165, 1.54) is 4.57 Å². The van der Waals surface area contributed by atoms with E-state index in [9.17, 15) is 4.79 Å². The summed E-state index contributed by atoms with van der Waals surface area (Å²) in [7, 11) is 3.54. The maximum absolute atomic E-state index is 12.2. The van der Waals surface area contributed by atoms with Crippen molar-refractivity contribution >= 4 is 17.5 Å². The lowest BCUT2D eigenvalue weighted by Crippen LogP contribution is -2.56. The van der Waals surface area contributed by atoms with E-state index < -0.39 is 0 Å². The van der Waals surface area contributed by atoms with Gasteiger partial charge in [0.15, 0.2) is 5.82 Å². The lowest BCUT2D eigenvalue weighted by atomic mass is 9.92. The van der Waals surface area contributed by atoms with Crippen LogP contribution in [0.15, 0.2) is 4.79 Å². The SMILES string of the molecule is CC1N(C)c2c(nc(N)n(C)c2=O)NC1(C)C. The van der Waals surface area contributed by atoms with E-state index in [1.54, 1.807) is 7.05 Å². The highest BCUT2D eigenvalue weighted by molar-refractivity contribution is 5.70. The molecule has 1 aliphatic rings. The van der Waals surface area contributed by atoms with Crippen LogP contribution in [0, 0.1) is 0 Å². The summed E-state index contributed by atoms with van der Waals surface area (Å²) in [6.07, 6.45) is 0. The van der Waals surface area contributed by atoms with Gasteiger partial charge in [-0.1, -0.05) is 0 Å². The van der Waals surface area contributed by atoms with Gasteiger partial charge in [-0.3, -0.25) is 9.36 Å². The standard InChI is InChI=1S/C11H19N5O/c1-6-11(2,3)14-8-7(15(6)4)9(17)16(5)10(12)13-8/h6,14H,1-5H3,(H2,12,13). The Labute approximate surface area is 100 Å². The zero-order valence-electron chi connectivity index (χ0n) is 10.9. The first-order chi connectivity index (χ1) is 7.75. The third-order valence-corrected chi connectivity index (χ3v) is 3.72. The molecule has 3 N–H and O–H groups in total. The van der Waals surface area contributed by atoms with Gasteiger partial charge in [0, 0.05) is 20.1 Å². The summed E-state index contributed by atoms with van der Waals surface area (Å²) >= 11 is 0. The number of fused-ring (bicyclic) bond motifs is 1. The lowest BCUT2D eigenvalue weighted by molar-refractivity contribution is 0.437. The maximum Gasteiger partial charge on any atom is 0.280 e. The Bertz CT molecular complexity index is 519. The molecule has 6 heteroatoms. The van der Waals surface area contributed by atoms with Crippen molar-refractivity contribution in [1.82, 2.24) is 9.55 Å². The fourth-order valence-electron chi connectivity index (χ4n) is 2.10. The molecule has 0 radical (unpaired) electrons. The number of hydrogen-bond donors (Lipinski definition) is 2. The monoisotopic (exact) mass is 237 g/mol. The Hall–Kier alpha value is -1.72. The molecule has 0 aliphatic carbocycles. The minimum Gasteiger partial charge on any atom is -0.369 e. The molecule has 0 aromatic carbocycles. The van der Waals surface area contributed by atoms with Crippen LogP contribution in [0.1, 0.15) is 20.8 Å². The zero-order chi connectivity index (χ0) is 13.0. The van der Waals surface area contributed by atoms with Gasteiger partial charge < -0.3 is 16.0 Å². The van der Waals surface area contributed by atoms with E-state index in [4.69, 9.17) is 5.73 Å². The quantitative estimate of drug-likeness (QED) is 0.682. The number of anilines is 3. The third-order valence-electron chi connectivity index (χ3n) is 3.72. The molecule has 0 saturated heterocycles. The highest BCUT2D eigenvalue weighted by Gasteiger charge is 2.37. The number of nitrogens with two attached hydrogens (primary N) is 1. The van der Waals surface area contributed by atoms with E-state index in [2.05, 4.69) is 31.1 Å². The molecule has 1 aromatic rings. The van der Waals surface area contributed by atoms with E-state index in [1.807, 2.05) is 11.9 Å². The summed E-state index contributed by atoms with van der Waals surface area (Å²) in [5.41, 5.74) is 6.00. The maximum atomic E-state index is 12.2. The molecule has 0 spiro atoms. The summed E-state index contributed by atoms with van der Waals surface area (Å²) in [6, 6.07) is 0.188. The smallest absolute Gasteiger partial charge is 0.280 e. The molecule has 2 heterocycles. The van der Waals surface area contributed by atoms with Crippen LogP contribution in [-0.4, -0.2) is 28.2 Å². The first kappa shape index (κ1) is 11.8.